The molecular formula is C19H16N4OS. The van der Waals surface area contributed by atoms with Crippen LogP contribution in [-0.2, 0) is 11.2 Å². The highest BCUT2D eigenvalue weighted by Gasteiger charge is 2.09. The van der Waals surface area contributed by atoms with Gasteiger partial charge in [0, 0.05) is 23.7 Å². The van der Waals surface area contributed by atoms with Crippen molar-refractivity contribution in [3.05, 3.63) is 53.2 Å². The van der Waals surface area contributed by atoms with E-state index in [1.165, 1.54) is 0 Å². The molecular weight excluding hydrogens is 332 g/mol. The summed E-state index contributed by atoms with van der Waals surface area (Å²) in [6.45, 7) is 3.59. The van der Waals surface area contributed by atoms with Gasteiger partial charge in [0.05, 0.1) is 9.71 Å². The van der Waals surface area contributed by atoms with Crippen LogP contribution >= 0.6 is 11.3 Å². The van der Waals surface area contributed by atoms with Gasteiger partial charge in [-0.3, -0.25) is 4.79 Å². The van der Waals surface area contributed by atoms with Crippen LogP contribution in [0.25, 0.3) is 21.1 Å². The number of benzene rings is 2. The number of rotatable bonds is 4. The van der Waals surface area contributed by atoms with Crippen LogP contribution < -0.4 is 5.32 Å². The monoisotopic (exact) mass is 348 g/mol. The number of aromatic nitrogens is 3. The number of thiazole rings is 1. The second-order valence-corrected chi connectivity index (χ2v) is 7.22. The normalized spacial score (nSPS) is 11.1. The maximum Gasteiger partial charge on any atom is 0.227 e. The molecule has 0 atom stereocenters. The lowest BCUT2D eigenvalue weighted by atomic mass is 10.1. The van der Waals surface area contributed by atoms with Gasteiger partial charge in [-0.1, -0.05) is 12.1 Å². The zero-order valence-electron chi connectivity index (χ0n) is 13.9. The highest BCUT2D eigenvalue weighted by molar-refractivity contribution is 7.18. The first kappa shape index (κ1) is 15.7. The molecule has 0 aliphatic rings. The maximum atomic E-state index is 11.3. The van der Waals surface area contributed by atoms with Gasteiger partial charge in [-0.05, 0) is 43.7 Å². The van der Waals surface area contributed by atoms with Gasteiger partial charge < -0.3 is 5.32 Å². The van der Waals surface area contributed by atoms with Crippen molar-refractivity contribution in [1.82, 2.24) is 15.0 Å². The molecule has 0 radical (unpaired) electrons. The molecule has 5 nitrogen and oxygen atoms in total. The number of carbonyl (C=O) groups is 1. The Labute approximate surface area is 148 Å². The smallest absolute Gasteiger partial charge is 0.227 e. The zero-order valence-corrected chi connectivity index (χ0v) is 14.7. The fourth-order valence-corrected chi connectivity index (χ4v) is 3.66. The maximum absolute atomic E-state index is 11.3. The molecule has 0 spiro atoms. The first-order valence-electron chi connectivity index (χ1n) is 7.97. The highest BCUT2D eigenvalue weighted by atomic mass is 32.1. The van der Waals surface area contributed by atoms with Gasteiger partial charge in [0.25, 0.3) is 0 Å². The summed E-state index contributed by atoms with van der Waals surface area (Å²) in [4.78, 5) is 25.0. The van der Waals surface area contributed by atoms with Crippen LogP contribution in [0.5, 0.6) is 0 Å². The number of aryl methyl sites for hydroxylation is 1. The van der Waals surface area contributed by atoms with Gasteiger partial charge in [-0.15, -0.1) is 11.3 Å². The lowest BCUT2D eigenvalue weighted by Gasteiger charge is -2.07. The van der Waals surface area contributed by atoms with Crippen LogP contribution in [0.1, 0.15) is 17.5 Å². The third-order valence-corrected chi connectivity index (χ3v) is 4.79. The summed E-state index contributed by atoms with van der Waals surface area (Å²) in [5, 5.41) is 5.21. The Balaban J connectivity index is 1.72. The number of carbonyl (C=O) groups excluding carboxylic acids is 1. The highest BCUT2D eigenvalue weighted by Crippen LogP contribution is 2.28. The molecule has 0 saturated carbocycles. The van der Waals surface area contributed by atoms with Crippen molar-refractivity contribution in [2.75, 3.05) is 5.32 Å². The number of nitrogens with zero attached hydrogens (tertiary/aromatic N) is 3. The fourth-order valence-electron chi connectivity index (χ4n) is 2.83. The summed E-state index contributed by atoms with van der Waals surface area (Å²) in [7, 11) is 0. The number of hydrogen-bond donors (Lipinski definition) is 1. The first-order chi connectivity index (χ1) is 12.1. The second kappa shape index (κ2) is 6.22. The van der Waals surface area contributed by atoms with Crippen molar-refractivity contribution in [2.24, 2.45) is 0 Å². The van der Waals surface area contributed by atoms with E-state index in [9.17, 15) is 4.79 Å². The Hall–Kier alpha value is -2.86. The molecule has 0 aliphatic carbocycles. The summed E-state index contributed by atoms with van der Waals surface area (Å²) in [6.07, 6.45) is 2.23. The van der Waals surface area contributed by atoms with Crippen molar-refractivity contribution in [2.45, 2.75) is 20.3 Å². The molecule has 0 fully saturated rings. The Morgan fingerprint density at radius 1 is 1.16 bits per heavy atom. The van der Waals surface area contributed by atoms with E-state index >= 15 is 0 Å². The quantitative estimate of drug-likeness (QED) is 0.591. The van der Waals surface area contributed by atoms with Gasteiger partial charge in [0.2, 0.25) is 5.95 Å². The van der Waals surface area contributed by atoms with E-state index in [-0.39, 0.29) is 5.78 Å². The minimum atomic E-state index is 0.139. The van der Waals surface area contributed by atoms with E-state index in [2.05, 4.69) is 26.3 Å². The van der Waals surface area contributed by atoms with Crippen molar-refractivity contribution < 1.29 is 4.79 Å². The predicted molar refractivity (Wildman–Crippen MR) is 102 cm³/mol. The van der Waals surface area contributed by atoms with Gasteiger partial charge in [0.1, 0.15) is 16.8 Å². The molecule has 4 aromatic rings. The Kier molecular flexibility index (Phi) is 3.89. The minimum absolute atomic E-state index is 0.139. The fraction of sp³-hybridized carbons (Fsp3) is 0.158. The van der Waals surface area contributed by atoms with Gasteiger partial charge in [-0.25, -0.2) is 15.0 Å². The van der Waals surface area contributed by atoms with E-state index in [1.807, 2.05) is 37.3 Å². The molecule has 2 heterocycles. The van der Waals surface area contributed by atoms with E-state index in [0.29, 0.717) is 12.4 Å². The molecule has 0 saturated heterocycles. The van der Waals surface area contributed by atoms with Crippen molar-refractivity contribution >= 4 is 49.9 Å². The van der Waals surface area contributed by atoms with Crippen LogP contribution in [0, 0.1) is 6.92 Å². The first-order valence-corrected chi connectivity index (χ1v) is 8.78. The molecule has 0 aliphatic heterocycles. The van der Waals surface area contributed by atoms with Crippen molar-refractivity contribution in [3.63, 3.8) is 0 Å². The Bertz CT molecular complexity index is 1100. The third-order valence-electron chi connectivity index (χ3n) is 3.85. The van der Waals surface area contributed by atoms with Gasteiger partial charge in [0.15, 0.2) is 0 Å². The topological polar surface area (TPSA) is 67.8 Å². The van der Waals surface area contributed by atoms with Crippen molar-refractivity contribution in [1.29, 1.82) is 0 Å². The summed E-state index contributed by atoms with van der Waals surface area (Å²) < 4.78 is 1.12. The minimum Gasteiger partial charge on any atom is -0.324 e. The van der Waals surface area contributed by atoms with Gasteiger partial charge >= 0.3 is 0 Å². The molecule has 0 bridgehead atoms. The van der Waals surface area contributed by atoms with E-state index < -0.39 is 0 Å². The molecule has 0 amide bonds. The molecule has 25 heavy (non-hydrogen) atoms. The number of fused-ring (bicyclic) bond motifs is 3. The zero-order chi connectivity index (χ0) is 17.4. The second-order valence-electron chi connectivity index (χ2n) is 5.98. The summed E-state index contributed by atoms with van der Waals surface area (Å²) in [6, 6.07) is 11.8. The van der Waals surface area contributed by atoms with Crippen LogP contribution in [0.3, 0.4) is 0 Å². The van der Waals surface area contributed by atoms with E-state index in [4.69, 9.17) is 0 Å². The largest absolute Gasteiger partial charge is 0.324 e. The van der Waals surface area contributed by atoms with Crippen LogP contribution in [0.15, 0.2) is 42.6 Å². The number of anilines is 2. The number of hydrogen-bond acceptors (Lipinski definition) is 6. The Morgan fingerprint density at radius 2 is 2.04 bits per heavy atom. The molecule has 6 heteroatoms. The summed E-state index contributed by atoms with van der Waals surface area (Å²) in [5.41, 5.74) is 3.59. The number of ketones is 1. The summed E-state index contributed by atoms with van der Waals surface area (Å²) in [5.74, 6) is 0.658. The van der Waals surface area contributed by atoms with Crippen LogP contribution in [0.2, 0.25) is 0 Å². The van der Waals surface area contributed by atoms with Gasteiger partial charge in [-0.2, -0.15) is 0 Å². The average Bonchev–Trinajstić information content (AvgIpc) is 2.95. The van der Waals surface area contributed by atoms with E-state index in [0.717, 1.165) is 37.4 Å². The molecule has 2 aromatic carbocycles. The lowest BCUT2D eigenvalue weighted by molar-refractivity contribution is -0.116. The van der Waals surface area contributed by atoms with Crippen LogP contribution in [-0.4, -0.2) is 20.7 Å². The van der Waals surface area contributed by atoms with Crippen LogP contribution in [0.4, 0.5) is 11.6 Å². The standard InChI is InChI=1S/C19H16N4OS/c1-11(24)8-13-4-3-5-15(9-13)22-19-20-10-14-6-7-16-18(17(14)23-19)21-12(2)25-16/h3-7,9-10H,8H2,1-2H3,(H,20,22,23). The van der Waals surface area contributed by atoms with E-state index in [1.54, 1.807) is 24.5 Å². The average molecular weight is 348 g/mol. The third kappa shape index (κ3) is 3.21. The molecule has 4 rings (SSSR count). The molecule has 0 unspecified atom stereocenters. The predicted octanol–water partition coefficient (Wildman–Crippen LogP) is 4.42. The lowest BCUT2D eigenvalue weighted by Crippen LogP contribution is -2.00. The molecule has 1 N–H and O–H groups in total. The number of Topliss-reactive ketones (excluding diaryl/α,β-unsaturated/α-hetero) is 1. The number of nitrogens with one attached hydrogen (secondary N) is 1. The summed E-state index contributed by atoms with van der Waals surface area (Å²) >= 11 is 1.66. The molecule has 2 aromatic heterocycles. The van der Waals surface area contributed by atoms with Crippen molar-refractivity contribution in [3.8, 4) is 0 Å². The SMILES string of the molecule is CC(=O)Cc1cccc(Nc2ncc3ccc4sc(C)nc4c3n2)c1. The Morgan fingerprint density at radius 3 is 2.88 bits per heavy atom. The molecule has 124 valence electrons.